The molecule has 0 aliphatic carbocycles. The van der Waals surface area contributed by atoms with Crippen molar-refractivity contribution in [2.75, 3.05) is 5.73 Å². The van der Waals surface area contributed by atoms with Crippen molar-refractivity contribution in [2.45, 2.75) is 13.5 Å². The molecule has 0 saturated heterocycles. The summed E-state index contributed by atoms with van der Waals surface area (Å²) in [6.07, 6.45) is 3.08. The van der Waals surface area contributed by atoms with Crippen molar-refractivity contribution in [1.29, 1.82) is 0 Å². The molecule has 3 nitrogen and oxygen atoms in total. The topological polar surface area (TPSA) is 48.0 Å². The molecule has 1 aromatic rings. The van der Waals surface area contributed by atoms with Gasteiger partial charge in [-0.1, -0.05) is 23.2 Å². The first-order valence-corrected chi connectivity index (χ1v) is 5.64. The number of halogens is 3. The number of nitrogen functional groups attached to an aromatic ring is 1. The molecule has 2 N–H and O–H groups in total. The fraction of sp³-hybridized carbons (Fsp3) is 0.222. The molecule has 1 aromatic heterocycles. The van der Waals surface area contributed by atoms with E-state index in [4.69, 9.17) is 28.9 Å². The molecule has 0 aliphatic heterocycles. The van der Waals surface area contributed by atoms with E-state index in [-0.39, 0.29) is 10.1 Å². The van der Waals surface area contributed by atoms with Crippen molar-refractivity contribution in [3.05, 3.63) is 37.2 Å². The molecule has 0 aliphatic rings. The maximum absolute atomic E-state index is 11.7. The van der Waals surface area contributed by atoms with Crippen molar-refractivity contribution in [3.8, 4) is 0 Å². The minimum atomic E-state index is -0.160. The van der Waals surface area contributed by atoms with Crippen LogP contribution in [0.2, 0.25) is 0 Å². The monoisotopic (exact) mass is 310 g/mol. The van der Waals surface area contributed by atoms with Crippen LogP contribution in [0.25, 0.3) is 0 Å². The van der Waals surface area contributed by atoms with Crippen LogP contribution in [0, 0.1) is 6.92 Å². The summed E-state index contributed by atoms with van der Waals surface area (Å²) >= 11 is 14.1. The van der Waals surface area contributed by atoms with Gasteiger partial charge in [-0.15, -0.1) is 0 Å². The molecule has 0 bridgehead atoms. The lowest BCUT2D eigenvalue weighted by molar-refractivity contribution is 0.773. The van der Waals surface area contributed by atoms with Gasteiger partial charge in [-0.2, -0.15) is 0 Å². The maximum atomic E-state index is 11.7. The van der Waals surface area contributed by atoms with Gasteiger partial charge in [-0.05, 0) is 34.5 Å². The molecule has 1 rings (SSSR count). The molecule has 0 unspecified atom stereocenters. The van der Waals surface area contributed by atoms with Crippen molar-refractivity contribution < 1.29 is 0 Å². The summed E-state index contributed by atoms with van der Waals surface area (Å²) in [5.74, 6) is 0. The van der Waals surface area contributed by atoms with Crippen LogP contribution in [0.5, 0.6) is 0 Å². The predicted molar refractivity (Wildman–Crippen MR) is 67.3 cm³/mol. The summed E-state index contributed by atoms with van der Waals surface area (Å²) in [4.78, 5) is 11.7. The number of nitrogens with two attached hydrogens (primary N) is 1. The molecule has 0 radical (unpaired) electrons. The Labute approximate surface area is 106 Å². The Balaban J connectivity index is 3.21. The van der Waals surface area contributed by atoms with Gasteiger partial charge in [0.05, 0.1) is 10.2 Å². The second kappa shape index (κ2) is 5.05. The fourth-order valence-corrected chi connectivity index (χ4v) is 1.63. The summed E-state index contributed by atoms with van der Waals surface area (Å²) < 4.78 is 2.01. The Hall–Kier alpha value is -0.450. The van der Waals surface area contributed by atoms with E-state index < -0.39 is 0 Å². The number of pyridine rings is 1. The molecule has 0 aromatic carbocycles. The molecule has 6 heteroatoms. The van der Waals surface area contributed by atoms with Crippen molar-refractivity contribution in [2.24, 2.45) is 0 Å². The molecule has 0 amide bonds. The van der Waals surface area contributed by atoms with E-state index in [9.17, 15) is 4.79 Å². The van der Waals surface area contributed by atoms with Gasteiger partial charge in [-0.3, -0.25) is 4.79 Å². The molecular formula is C9H9BrCl2N2O. The van der Waals surface area contributed by atoms with Crippen molar-refractivity contribution in [1.82, 2.24) is 4.57 Å². The normalized spacial score (nSPS) is 10.1. The zero-order chi connectivity index (χ0) is 11.6. The Bertz CT molecular complexity index is 464. The van der Waals surface area contributed by atoms with Gasteiger partial charge in [0.25, 0.3) is 5.56 Å². The molecule has 82 valence electrons. The average Bonchev–Trinajstić information content (AvgIpc) is 2.18. The smallest absolute Gasteiger partial charge is 0.265 e. The summed E-state index contributed by atoms with van der Waals surface area (Å²) in [7, 11) is 0. The minimum Gasteiger partial charge on any atom is -0.397 e. The van der Waals surface area contributed by atoms with E-state index in [1.807, 2.05) is 0 Å². The summed E-state index contributed by atoms with van der Waals surface area (Å²) in [5, 5.41) is 0. The lowest BCUT2D eigenvalue weighted by Gasteiger charge is -2.08. The average molecular weight is 312 g/mol. The number of allylic oxidation sites excluding steroid dienone is 1. The highest BCUT2D eigenvalue weighted by Crippen LogP contribution is 2.17. The van der Waals surface area contributed by atoms with Crippen molar-refractivity contribution >= 4 is 44.8 Å². The van der Waals surface area contributed by atoms with Crippen LogP contribution in [0.4, 0.5) is 5.69 Å². The third kappa shape index (κ3) is 3.00. The lowest BCUT2D eigenvalue weighted by atomic mass is 10.2. The standard InChI is InChI=1S/C9H9BrCl2N2O/c1-5-6(13)4-14(3-2-7(11)12)9(15)8(5)10/h2,4H,3,13H2,1H3. The largest absolute Gasteiger partial charge is 0.397 e. The van der Waals surface area contributed by atoms with E-state index in [0.29, 0.717) is 16.7 Å². The first kappa shape index (κ1) is 12.6. The first-order valence-electron chi connectivity index (χ1n) is 4.09. The second-order valence-electron chi connectivity index (χ2n) is 2.97. The van der Waals surface area contributed by atoms with E-state index in [2.05, 4.69) is 15.9 Å². The Morgan fingerprint density at radius 1 is 1.67 bits per heavy atom. The Kier molecular flexibility index (Phi) is 4.25. The fourth-order valence-electron chi connectivity index (χ4n) is 1.04. The van der Waals surface area contributed by atoms with Crippen LogP contribution in [0.3, 0.4) is 0 Å². The van der Waals surface area contributed by atoms with Crippen LogP contribution in [0.15, 0.2) is 26.0 Å². The molecule has 1 heterocycles. The van der Waals surface area contributed by atoms with Crippen LogP contribution in [0.1, 0.15) is 5.56 Å². The number of aromatic nitrogens is 1. The molecule has 0 fully saturated rings. The SMILES string of the molecule is Cc1c(N)cn(CC=C(Cl)Cl)c(=O)c1Br. The van der Waals surface area contributed by atoms with Crippen LogP contribution >= 0.6 is 39.1 Å². The van der Waals surface area contributed by atoms with Gasteiger partial charge in [0.2, 0.25) is 0 Å². The highest BCUT2D eigenvalue weighted by atomic mass is 79.9. The third-order valence-electron chi connectivity index (χ3n) is 1.95. The number of rotatable bonds is 2. The summed E-state index contributed by atoms with van der Waals surface area (Å²) in [6.45, 7) is 2.07. The van der Waals surface area contributed by atoms with E-state index in [1.54, 1.807) is 13.1 Å². The van der Waals surface area contributed by atoms with E-state index in [0.717, 1.165) is 5.56 Å². The van der Waals surface area contributed by atoms with Crippen LogP contribution in [-0.4, -0.2) is 4.57 Å². The first-order chi connectivity index (χ1) is 6.93. The molecule has 0 spiro atoms. The zero-order valence-corrected chi connectivity index (χ0v) is 11.0. The second-order valence-corrected chi connectivity index (χ2v) is 4.78. The molecule has 0 atom stereocenters. The quantitative estimate of drug-likeness (QED) is 0.913. The summed E-state index contributed by atoms with van der Waals surface area (Å²) in [5.41, 5.74) is 6.84. The Morgan fingerprint density at radius 3 is 2.80 bits per heavy atom. The van der Waals surface area contributed by atoms with E-state index in [1.165, 1.54) is 10.6 Å². The number of hydrogen-bond acceptors (Lipinski definition) is 2. The lowest BCUT2D eigenvalue weighted by Crippen LogP contribution is -2.21. The maximum Gasteiger partial charge on any atom is 0.265 e. The van der Waals surface area contributed by atoms with Gasteiger partial charge < -0.3 is 10.3 Å². The van der Waals surface area contributed by atoms with Gasteiger partial charge in [0, 0.05) is 12.7 Å². The highest BCUT2D eigenvalue weighted by Gasteiger charge is 2.07. The predicted octanol–water partition coefficient (Wildman–Crippen LogP) is 2.82. The highest BCUT2D eigenvalue weighted by molar-refractivity contribution is 9.10. The van der Waals surface area contributed by atoms with Gasteiger partial charge in [0.1, 0.15) is 4.49 Å². The third-order valence-corrected chi connectivity index (χ3v) is 3.19. The number of hydrogen-bond donors (Lipinski definition) is 1. The molecular weight excluding hydrogens is 303 g/mol. The van der Waals surface area contributed by atoms with Gasteiger partial charge in [-0.25, -0.2) is 0 Å². The van der Waals surface area contributed by atoms with Crippen LogP contribution in [-0.2, 0) is 6.54 Å². The minimum absolute atomic E-state index is 0.122. The molecule has 0 saturated carbocycles. The van der Waals surface area contributed by atoms with Crippen LogP contribution < -0.4 is 11.3 Å². The van der Waals surface area contributed by atoms with E-state index >= 15 is 0 Å². The molecule has 15 heavy (non-hydrogen) atoms. The van der Waals surface area contributed by atoms with Crippen molar-refractivity contribution in [3.63, 3.8) is 0 Å². The van der Waals surface area contributed by atoms with Gasteiger partial charge in [0.15, 0.2) is 0 Å². The summed E-state index contributed by atoms with van der Waals surface area (Å²) in [6, 6.07) is 0. The number of anilines is 1. The van der Waals surface area contributed by atoms with Gasteiger partial charge >= 0.3 is 0 Å². The zero-order valence-electron chi connectivity index (χ0n) is 7.93. The Morgan fingerprint density at radius 2 is 2.27 bits per heavy atom. The number of nitrogens with zero attached hydrogens (tertiary/aromatic N) is 1.